The molecule has 0 bridgehead atoms. The maximum Gasteiger partial charge on any atom is 0.340 e. The van der Waals surface area contributed by atoms with Gasteiger partial charge in [-0.3, -0.25) is 14.5 Å². The average Bonchev–Trinajstić information content (AvgIpc) is 3.28. The minimum atomic E-state index is -0.894. The molecule has 2 atom stereocenters. The third kappa shape index (κ3) is 3.26. The fourth-order valence-corrected chi connectivity index (χ4v) is 3.73. The van der Waals surface area contributed by atoms with Crippen LogP contribution in [0.1, 0.15) is 35.0 Å². The Labute approximate surface area is 167 Å². The highest BCUT2D eigenvalue weighted by Crippen LogP contribution is 2.38. The normalized spacial score (nSPS) is 20.3. The zero-order chi connectivity index (χ0) is 20.5. The van der Waals surface area contributed by atoms with E-state index in [1.54, 1.807) is 42.5 Å². The lowest BCUT2D eigenvalue weighted by molar-refractivity contribution is -0.144. The van der Waals surface area contributed by atoms with Crippen LogP contribution in [0.15, 0.2) is 42.5 Å². The number of amides is 2. The maximum absolute atomic E-state index is 13.0. The van der Waals surface area contributed by atoms with Crippen LogP contribution in [0.3, 0.4) is 0 Å². The highest BCUT2D eigenvalue weighted by molar-refractivity contribution is 6.00. The Morgan fingerprint density at radius 3 is 2.62 bits per heavy atom. The van der Waals surface area contributed by atoms with Crippen LogP contribution in [0.25, 0.3) is 0 Å². The van der Waals surface area contributed by atoms with Crippen LogP contribution in [0.2, 0.25) is 0 Å². The van der Waals surface area contributed by atoms with Crippen molar-refractivity contribution in [2.24, 2.45) is 0 Å². The number of hydrogen-bond donors (Lipinski definition) is 1. The monoisotopic (exact) mass is 396 g/mol. The number of esters is 1. The number of hydrogen-bond acceptors (Lipinski definition) is 6. The second-order valence-corrected chi connectivity index (χ2v) is 6.76. The van der Waals surface area contributed by atoms with Crippen molar-refractivity contribution in [1.82, 2.24) is 4.90 Å². The van der Waals surface area contributed by atoms with Crippen LogP contribution in [-0.4, -0.2) is 42.9 Å². The summed E-state index contributed by atoms with van der Waals surface area (Å²) < 4.78 is 15.9. The van der Waals surface area contributed by atoms with Crippen molar-refractivity contribution in [1.29, 1.82) is 0 Å². The van der Waals surface area contributed by atoms with Crippen molar-refractivity contribution >= 4 is 23.5 Å². The smallest absolute Gasteiger partial charge is 0.340 e. The molecule has 0 spiro atoms. The van der Waals surface area contributed by atoms with Gasteiger partial charge in [0, 0.05) is 23.7 Å². The molecule has 2 amide bonds. The summed E-state index contributed by atoms with van der Waals surface area (Å²) in [6.07, 6.45) is -0.344. The molecule has 0 aliphatic carbocycles. The summed E-state index contributed by atoms with van der Waals surface area (Å²) in [6.45, 7) is 0. The fraction of sp³-hybridized carbons (Fsp3) is 0.286. The molecule has 8 heteroatoms. The van der Waals surface area contributed by atoms with Crippen molar-refractivity contribution in [2.75, 3.05) is 19.5 Å². The molecule has 0 unspecified atom stereocenters. The highest BCUT2D eigenvalue weighted by atomic mass is 16.6. The summed E-state index contributed by atoms with van der Waals surface area (Å²) in [4.78, 5) is 39.0. The molecule has 150 valence electrons. The molecule has 0 aromatic heterocycles. The molecular formula is C21H20N2O6. The van der Waals surface area contributed by atoms with Crippen LogP contribution < -0.4 is 14.8 Å². The lowest BCUT2D eigenvalue weighted by atomic mass is 10.1. The predicted octanol–water partition coefficient (Wildman–Crippen LogP) is 2.50. The Bertz CT molecular complexity index is 989. The third-order valence-electron chi connectivity index (χ3n) is 5.13. The summed E-state index contributed by atoms with van der Waals surface area (Å²) in [7, 11) is 3.03. The Morgan fingerprint density at radius 2 is 1.86 bits per heavy atom. The molecule has 1 saturated heterocycles. The van der Waals surface area contributed by atoms with Crippen LogP contribution in [0.4, 0.5) is 5.69 Å². The minimum absolute atomic E-state index is 0.209. The predicted molar refractivity (Wildman–Crippen MR) is 103 cm³/mol. The van der Waals surface area contributed by atoms with Crippen molar-refractivity contribution in [2.45, 2.75) is 25.1 Å². The summed E-state index contributed by atoms with van der Waals surface area (Å²) in [5, 5.41) is 2.81. The number of ether oxygens (including phenoxy) is 3. The van der Waals surface area contributed by atoms with E-state index in [1.165, 1.54) is 19.1 Å². The van der Waals surface area contributed by atoms with Gasteiger partial charge in [-0.1, -0.05) is 18.2 Å². The molecule has 2 aromatic carbocycles. The standard InChI is InChI=1S/C21H20N2O6/c1-27-16-9-7-12(11-17(16)28-2)22-19(25)15-8-10-18(24)23(15)20-13-5-3-4-6-14(13)21(26)29-20/h3-7,9,11,15,20H,8,10H2,1-2H3,(H,22,25)/t15-,20+/m0/s1. The minimum Gasteiger partial charge on any atom is -0.493 e. The zero-order valence-electron chi connectivity index (χ0n) is 16.0. The van der Waals surface area contributed by atoms with Gasteiger partial charge in [0.1, 0.15) is 6.04 Å². The average molecular weight is 396 g/mol. The first-order valence-electron chi connectivity index (χ1n) is 9.17. The molecule has 4 rings (SSSR count). The molecule has 0 radical (unpaired) electrons. The summed E-state index contributed by atoms with van der Waals surface area (Å²) in [5.41, 5.74) is 1.52. The number of fused-ring (bicyclic) bond motifs is 1. The van der Waals surface area contributed by atoms with Crippen LogP contribution in [0.5, 0.6) is 11.5 Å². The van der Waals surface area contributed by atoms with Gasteiger partial charge in [-0.05, 0) is 24.6 Å². The van der Waals surface area contributed by atoms with E-state index in [-0.39, 0.29) is 18.2 Å². The van der Waals surface area contributed by atoms with Crippen LogP contribution in [0, 0.1) is 0 Å². The van der Waals surface area contributed by atoms with Crippen LogP contribution >= 0.6 is 0 Å². The van der Waals surface area contributed by atoms with Gasteiger partial charge < -0.3 is 19.5 Å². The second kappa shape index (κ2) is 7.46. The maximum atomic E-state index is 13.0. The molecule has 2 heterocycles. The summed E-state index contributed by atoms with van der Waals surface area (Å²) in [6, 6.07) is 11.1. The quantitative estimate of drug-likeness (QED) is 0.781. The molecule has 8 nitrogen and oxygen atoms in total. The van der Waals surface area contributed by atoms with Crippen molar-refractivity contribution < 1.29 is 28.6 Å². The molecule has 29 heavy (non-hydrogen) atoms. The number of cyclic esters (lactones) is 1. The van der Waals surface area contributed by atoms with E-state index >= 15 is 0 Å². The lowest BCUT2D eigenvalue weighted by Crippen LogP contribution is -2.43. The number of carbonyl (C=O) groups excluding carboxylic acids is 3. The first kappa shape index (κ1) is 18.8. The Hall–Kier alpha value is -3.55. The van der Waals surface area contributed by atoms with Gasteiger partial charge in [-0.25, -0.2) is 4.79 Å². The number of benzene rings is 2. The van der Waals surface area contributed by atoms with Crippen molar-refractivity contribution in [3.05, 3.63) is 53.6 Å². The number of nitrogens with zero attached hydrogens (tertiary/aromatic N) is 1. The number of methoxy groups -OCH3 is 2. The number of rotatable bonds is 5. The van der Waals surface area contributed by atoms with Gasteiger partial charge in [-0.15, -0.1) is 0 Å². The summed E-state index contributed by atoms with van der Waals surface area (Å²) in [5.74, 6) is -0.0687. The second-order valence-electron chi connectivity index (χ2n) is 6.76. The molecular weight excluding hydrogens is 376 g/mol. The zero-order valence-corrected chi connectivity index (χ0v) is 16.0. The van der Waals surface area contributed by atoms with Gasteiger partial charge in [0.2, 0.25) is 18.0 Å². The fourth-order valence-electron chi connectivity index (χ4n) is 3.73. The topological polar surface area (TPSA) is 94.2 Å². The van der Waals surface area contributed by atoms with Gasteiger partial charge >= 0.3 is 5.97 Å². The molecule has 2 aliphatic heterocycles. The lowest BCUT2D eigenvalue weighted by Gasteiger charge is -2.29. The number of nitrogens with one attached hydrogen (secondary N) is 1. The Kier molecular flexibility index (Phi) is 4.84. The Balaban J connectivity index is 1.57. The van der Waals surface area contributed by atoms with Gasteiger partial charge in [0.05, 0.1) is 19.8 Å². The molecule has 2 aliphatic rings. The van der Waals surface area contributed by atoms with E-state index in [9.17, 15) is 14.4 Å². The van der Waals surface area contributed by atoms with E-state index in [1.807, 2.05) is 0 Å². The Morgan fingerprint density at radius 1 is 1.10 bits per heavy atom. The van der Waals surface area contributed by atoms with Gasteiger partial charge in [0.25, 0.3) is 0 Å². The largest absolute Gasteiger partial charge is 0.493 e. The molecule has 0 saturated carbocycles. The first-order chi connectivity index (χ1) is 14.0. The van der Waals surface area contributed by atoms with E-state index in [0.717, 1.165) is 0 Å². The van der Waals surface area contributed by atoms with E-state index in [2.05, 4.69) is 5.32 Å². The van der Waals surface area contributed by atoms with Gasteiger partial charge in [-0.2, -0.15) is 0 Å². The van der Waals surface area contributed by atoms with Crippen molar-refractivity contribution in [3.8, 4) is 11.5 Å². The SMILES string of the molecule is COc1ccc(NC(=O)[C@@H]2CCC(=O)N2[C@@H]2OC(=O)c3ccccc32)cc1OC. The number of anilines is 1. The first-order valence-corrected chi connectivity index (χ1v) is 9.17. The molecule has 1 N–H and O–H groups in total. The molecule has 1 fully saturated rings. The van der Waals surface area contributed by atoms with E-state index in [0.29, 0.717) is 34.7 Å². The van der Waals surface area contributed by atoms with Gasteiger partial charge in [0.15, 0.2) is 11.5 Å². The third-order valence-corrected chi connectivity index (χ3v) is 5.13. The van der Waals surface area contributed by atoms with Crippen molar-refractivity contribution in [3.63, 3.8) is 0 Å². The highest BCUT2D eigenvalue weighted by Gasteiger charge is 2.46. The van der Waals surface area contributed by atoms with E-state index in [4.69, 9.17) is 14.2 Å². The number of likely N-dealkylation sites (tertiary alicyclic amines) is 1. The molecule has 2 aromatic rings. The van der Waals surface area contributed by atoms with Crippen LogP contribution in [-0.2, 0) is 14.3 Å². The van der Waals surface area contributed by atoms with E-state index < -0.39 is 18.2 Å². The summed E-state index contributed by atoms with van der Waals surface area (Å²) >= 11 is 0. The number of carbonyl (C=O) groups is 3.